The second kappa shape index (κ2) is 9.85. The molecule has 2 aliphatic heterocycles. The SMILES string of the molecule is C1=CCC2Sc3c(ccc4c3C(C3NC(c5ccccc5)NC(c5cccc6oc7ccccc7c56)N3)CC=C4)C2=C1. The summed E-state index contributed by atoms with van der Waals surface area (Å²) in [4.78, 5) is 1.47. The summed E-state index contributed by atoms with van der Waals surface area (Å²) >= 11 is 2.06. The van der Waals surface area contributed by atoms with Crippen LogP contribution in [0.4, 0.5) is 0 Å². The molecule has 0 saturated carbocycles. The zero-order valence-electron chi connectivity index (χ0n) is 23.1. The molecule has 1 fully saturated rings. The molecule has 5 unspecified atom stereocenters. The number of nitrogens with one attached hydrogen (secondary N) is 3. The van der Waals surface area contributed by atoms with Gasteiger partial charge in [0, 0.05) is 26.8 Å². The highest BCUT2D eigenvalue weighted by molar-refractivity contribution is 8.01. The minimum Gasteiger partial charge on any atom is -0.456 e. The van der Waals surface area contributed by atoms with E-state index >= 15 is 0 Å². The topological polar surface area (TPSA) is 49.2 Å². The third kappa shape index (κ3) is 3.89. The lowest BCUT2D eigenvalue weighted by molar-refractivity contribution is 0.179. The number of hydrogen-bond donors (Lipinski definition) is 3. The van der Waals surface area contributed by atoms with Crippen molar-refractivity contribution in [1.29, 1.82) is 0 Å². The highest BCUT2D eigenvalue weighted by atomic mass is 32.2. The Morgan fingerprint density at radius 2 is 1.60 bits per heavy atom. The Labute approximate surface area is 249 Å². The predicted molar refractivity (Wildman–Crippen MR) is 173 cm³/mol. The molecule has 0 bridgehead atoms. The van der Waals surface area contributed by atoms with Crippen LogP contribution in [-0.2, 0) is 0 Å². The predicted octanol–water partition coefficient (Wildman–Crippen LogP) is 8.41. The minimum absolute atomic E-state index is 0.0101. The molecule has 0 amide bonds. The van der Waals surface area contributed by atoms with E-state index in [1.807, 2.05) is 6.07 Å². The van der Waals surface area contributed by atoms with Crippen molar-refractivity contribution in [3.8, 4) is 0 Å². The average Bonchev–Trinajstić information content (AvgIpc) is 3.63. The minimum atomic E-state index is -0.0700. The second-order valence-electron chi connectivity index (χ2n) is 11.7. The molecular weight excluding hydrogens is 534 g/mol. The van der Waals surface area contributed by atoms with E-state index in [-0.39, 0.29) is 24.4 Å². The maximum atomic E-state index is 6.29. The Morgan fingerprint density at radius 1 is 0.738 bits per heavy atom. The summed E-state index contributed by atoms with van der Waals surface area (Å²) in [5.41, 5.74) is 10.0. The Hall–Kier alpha value is -3.87. The van der Waals surface area contributed by atoms with Gasteiger partial charge in [0.25, 0.3) is 0 Å². The maximum Gasteiger partial charge on any atom is 0.135 e. The fourth-order valence-corrected chi connectivity index (χ4v) is 8.88. The van der Waals surface area contributed by atoms with Gasteiger partial charge in [-0.25, -0.2) is 0 Å². The number of thioether (sulfide) groups is 1. The van der Waals surface area contributed by atoms with E-state index in [0.717, 1.165) is 29.4 Å². The van der Waals surface area contributed by atoms with E-state index in [0.29, 0.717) is 5.25 Å². The van der Waals surface area contributed by atoms with Crippen molar-refractivity contribution in [1.82, 2.24) is 16.0 Å². The molecule has 5 heteroatoms. The van der Waals surface area contributed by atoms with Gasteiger partial charge in [0.2, 0.25) is 0 Å². The van der Waals surface area contributed by atoms with Crippen LogP contribution < -0.4 is 16.0 Å². The number of allylic oxidation sites excluding steroid dienone is 4. The molecule has 4 aromatic carbocycles. The first-order chi connectivity index (χ1) is 20.8. The van der Waals surface area contributed by atoms with Gasteiger partial charge in [-0.1, -0.05) is 103 Å². The molecule has 206 valence electrons. The third-order valence-corrected chi connectivity index (χ3v) is 10.7. The Morgan fingerprint density at radius 3 is 2.55 bits per heavy atom. The van der Waals surface area contributed by atoms with Crippen molar-refractivity contribution < 1.29 is 4.42 Å². The molecular formula is C37H31N3OS. The van der Waals surface area contributed by atoms with Crippen LogP contribution in [0.25, 0.3) is 33.6 Å². The summed E-state index contributed by atoms with van der Waals surface area (Å²) in [6.07, 6.45) is 13.6. The highest BCUT2D eigenvalue weighted by Gasteiger charge is 2.39. The van der Waals surface area contributed by atoms with E-state index in [9.17, 15) is 0 Å². The van der Waals surface area contributed by atoms with E-state index in [1.54, 1.807) is 0 Å². The molecule has 5 atom stereocenters. The van der Waals surface area contributed by atoms with Crippen LogP contribution in [0.15, 0.2) is 119 Å². The van der Waals surface area contributed by atoms with Gasteiger partial charge in [0.1, 0.15) is 11.2 Å². The second-order valence-corrected chi connectivity index (χ2v) is 12.9. The number of furan rings is 1. The number of benzene rings is 4. The first kappa shape index (κ1) is 24.7. The van der Waals surface area contributed by atoms with E-state index in [2.05, 4.69) is 137 Å². The van der Waals surface area contributed by atoms with E-state index in [4.69, 9.17) is 4.42 Å². The average molecular weight is 566 g/mol. The van der Waals surface area contributed by atoms with Gasteiger partial charge in [-0.15, -0.1) is 11.8 Å². The van der Waals surface area contributed by atoms with Crippen LogP contribution >= 0.6 is 11.8 Å². The van der Waals surface area contributed by atoms with Gasteiger partial charge in [0.05, 0.1) is 18.5 Å². The van der Waals surface area contributed by atoms with Crippen LogP contribution in [0.5, 0.6) is 0 Å². The van der Waals surface area contributed by atoms with Crippen LogP contribution in [0.2, 0.25) is 0 Å². The lowest BCUT2D eigenvalue weighted by atomic mass is 9.81. The summed E-state index contributed by atoms with van der Waals surface area (Å²) < 4.78 is 6.29. The molecule has 1 aromatic heterocycles. The van der Waals surface area contributed by atoms with Crippen LogP contribution in [-0.4, -0.2) is 11.4 Å². The number of rotatable bonds is 3. The molecule has 4 nitrogen and oxygen atoms in total. The van der Waals surface area contributed by atoms with Crippen LogP contribution in [0.3, 0.4) is 0 Å². The van der Waals surface area contributed by atoms with Crippen molar-refractivity contribution in [2.45, 2.75) is 47.4 Å². The van der Waals surface area contributed by atoms with E-state index < -0.39 is 0 Å². The van der Waals surface area contributed by atoms with Gasteiger partial charge in [-0.2, -0.15) is 0 Å². The summed E-state index contributed by atoms with van der Waals surface area (Å²) in [7, 11) is 0. The van der Waals surface area contributed by atoms with Gasteiger partial charge < -0.3 is 4.42 Å². The standard InChI is InChI=1S/C37H31N3OS/c1-2-10-23(11-3-1)35-38-36(40-37(39-35)28-16-9-18-30-33(28)26-14-4-6-17-29(26)41-30)27-15-8-12-22-20-21-25-24-13-5-7-19-31(24)42-34(25)32(22)27/h1-14,16-18,20-21,27,31,35-40H,15,19H2. The van der Waals surface area contributed by atoms with Crippen molar-refractivity contribution in [2.24, 2.45) is 0 Å². The summed E-state index contributed by atoms with van der Waals surface area (Å²) in [5, 5.41) is 14.8. The van der Waals surface area contributed by atoms with Gasteiger partial charge in [-0.05, 0) is 58.4 Å². The van der Waals surface area contributed by atoms with Crippen LogP contribution in [0.1, 0.15) is 58.9 Å². The first-order valence-corrected chi connectivity index (χ1v) is 15.8. The number of fused-ring (bicyclic) bond motifs is 8. The smallest absolute Gasteiger partial charge is 0.135 e. The summed E-state index contributed by atoms with van der Waals surface area (Å²) in [6, 6.07) is 30.3. The zero-order valence-corrected chi connectivity index (χ0v) is 23.9. The molecule has 5 aromatic rings. The van der Waals surface area contributed by atoms with Gasteiger partial charge in [0.15, 0.2) is 0 Å². The quantitative estimate of drug-likeness (QED) is 0.205. The molecule has 0 radical (unpaired) electrons. The molecule has 4 aliphatic rings. The number of hydrogen-bond acceptors (Lipinski definition) is 5. The van der Waals surface area contributed by atoms with Crippen molar-refractivity contribution in [3.05, 3.63) is 137 Å². The Balaban J connectivity index is 1.17. The van der Waals surface area contributed by atoms with Crippen molar-refractivity contribution in [3.63, 3.8) is 0 Å². The summed E-state index contributed by atoms with van der Waals surface area (Å²) in [5.74, 6) is 0.289. The molecule has 3 N–H and O–H groups in total. The maximum absolute atomic E-state index is 6.29. The molecule has 9 rings (SSSR count). The van der Waals surface area contributed by atoms with Gasteiger partial charge in [-0.3, -0.25) is 16.0 Å². The first-order valence-electron chi connectivity index (χ1n) is 14.9. The zero-order chi connectivity index (χ0) is 27.6. The van der Waals surface area contributed by atoms with Crippen molar-refractivity contribution >= 4 is 45.3 Å². The molecule has 1 saturated heterocycles. The van der Waals surface area contributed by atoms with Gasteiger partial charge >= 0.3 is 0 Å². The lowest BCUT2D eigenvalue weighted by Crippen LogP contribution is -2.61. The fraction of sp³-hybridized carbons (Fsp3) is 0.189. The largest absolute Gasteiger partial charge is 0.456 e. The van der Waals surface area contributed by atoms with Crippen LogP contribution in [0, 0.1) is 0 Å². The Bertz CT molecular complexity index is 1940. The molecule has 0 spiro atoms. The normalized spacial score (nSPS) is 26.2. The van der Waals surface area contributed by atoms with E-state index in [1.165, 1.54) is 43.7 Å². The number of para-hydroxylation sites is 1. The van der Waals surface area contributed by atoms with Crippen molar-refractivity contribution in [2.75, 3.05) is 0 Å². The highest BCUT2D eigenvalue weighted by Crippen LogP contribution is 2.53. The lowest BCUT2D eigenvalue weighted by Gasteiger charge is -2.44. The third-order valence-electron chi connectivity index (χ3n) is 9.27. The monoisotopic (exact) mass is 565 g/mol. The Kier molecular flexibility index (Phi) is 5.80. The fourth-order valence-electron chi connectivity index (χ4n) is 7.35. The molecule has 3 heterocycles. The molecule has 42 heavy (non-hydrogen) atoms. The molecule has 2 aliphatic carbocycles. The summed E-state index contributed by atoms with van der Waals surface area (Å²) in [6.45, 7) is 0.